The van der Waals surface area contributed by atoms with Crippen LogP contribution in [0.1, 0.15) is 18.4 Å². The lowest BCUT2D eigenvalue weighted by Crippen LogP contribution is -2.11. The third-order valence-corrected chi connectivity index (χ3v) is 2.81. The van der Waals surface area contributed by atoms with E-state index < -0.39 is 0 Å². The Bertz CT molecular complexity index is 468. The van der Waals surface area contributed by atoms with E-state index in [1.54, 1.807) is 6.20 Å². The third kappa shape index (κ3) is 2.97. The van der Waals surface area contributed by atoms with Crippen molar-refractivity contribution in [3.8, 4) is 0 Å². The van der Waals surface area contributed by atoms with Gasteiger partial charge in [0.2, 0.25) is 0 Å². The summed E-state index contributed by atoms with van der Waals surface area (Å²) in [4.78, 5) is 4.05. The zero-order chi connectivity index (χ0) is 12.1. The van der Waals surface area contributed by atoms with Crippen LogP contribution in [0.3, 0.4) is 0 Å². The van der Waals surface area contributed by atoms with Crippen LogP contribution in [0.4, 0.5) is 11.5 Å². The van der Waals surface area contributed by atoms with Gasteiger partial charge in [0, 0.05) is 12.7 Å². The zero-order valence-corrected chi connectivity index (χ0v) is 9.93. The van der Waals surface area contributed by atoms with Crippen LogP contribution in [0.2, 0.25) is 0 Å². The first-order valence-corrected chi connectivity index (χ1v) is 5.76. The molecule has 0 aliphatic carbocycles. The van der Waals surface area contributed by atoms with E-state index in [0.29, 0.717) is 11.7 Å². The summed E-state index contributed by atoms with van der Waals surface area (Å²) in [5.74, 6) is 0.989. The van der Waals surface area contributed by atoms with Crippen molar-refractivity contribution in [2.24, 2.45) is 0 Å². The summed E-state index contributed by atoms with van der Waals surface area (Å²) in [7, 11) is 0. The zero-order valence-electron chi connectivity index (χ0n) is 9.93. The van der Waals surface area contributed by atoms with Gasteiger partial charge in [-0.2, -0.15) is 0 Å². The van der Waals surface area contributed by atoms with Crippen molar-refractivity contribution in [2.75, 3.05) is 17.6 Å². The summed E-state index contributed by atoms with van der Waals surface area (Å²) < 4.78 is 0. The molecular weight excluding hydrogens is 210 g/mol. The topological polar surface area (TPSA) is 50.9 Å². The minimum absolute atomic E-state index is 0.441. The number of rotatable bonds is 4. The number of aromatic nitrogens is 1. The van der Waals surface area contributed by atoms with Gasteiger partial charge in [-0.15, -0.1) is 0 Å². The highest BCUT2D eigenvalue weighted by atomic mass is 14.9. The number of pyridine rings is 1. The molecule has 0 fully saturated rings. The predicted molar refractivity (Wildman–Crippen MR) is 72.0 cm³/mol. The highest BCUT2D eigenvalue weighted by Crippen LogP contribution is 2.18. The van der Waals surface area contributed by atoms with Gasteiger partial charge in [-0.1, -0.05) is 37.3 Å². The number of benzene rings is 1. The van der Waals surface area contributed by atoms with Gasteiger partial charge in [0.05, 0.1) is 5.69 Å². The van der Waals surface area contributed by atoms with E-state index in [1.165, 1.54) is 5.56 Å². The van der Waals surface area contributed by atoms with Gasteiger partial charge in [0.25, 0.3) is 0 Å². The van der Waals surface area contributed by atoms with Crippen LogP contribution in [0, 0.1) is 0 Å². The van der Waals surface area contributed by atoms with Crippen molar-refractivity contribution >= 4 is 11.5 Å². The lowest BCUT2D eigenvalue weighted by Gasteiger charge is -2.14. The average Bonchev–Trinajstić information content (AvgIpc) is 2.38. The Hall–Kier alpha value is -2.03. The largest absolute Gasteiger partial charge is 0.382 e. The number of nitrogen functional groups attached to an aromatic ring is 1. The van der Waals surface area contributed by atoms with Gasteiger partial charge in [-0.3, -0.25) is 0 Å². The fraction of sp³-hybridized carbons (Fsp3) is 0.214. The first kappa shape index (κ1) is 11.5. The van der Waals surface area contributed by atoms with Crippen LogP contribution in [0.15, 0.2) is 48.7 Å². The Kier molecular flexibility index (Phi) is 3.60. The van der Waals surface area contributed by atoms with E-state index in [0.717, 1.165) is 12.2 Å². The molecule has 0 radical (unpaired) electrons. The molecule has 0 aliphatic heterocycles. The van der Waals surface area contributed by atoms with E-state index in [2.05, 4.69) is 41.5 Å². The summed E-state index contributed by atoms with van der Waals surface area (Å²) in [6.45, 7) is 3.04. The minimum atomic E-state index is 0.441. The van der Waals surface area contributed by atoms with E-state index >= 15 is 0 Å². The molecule has 17 heavy (non-hydrogen) atoms. The molecule has 3 nitrogen and oxygen atoms in total. The molecule has 0 aliphatic rings. The predicted octanol–water partition coefficient (Wildman–Crippen LogP) is 2.88. The molecule has 2 aromatic rings. The first-order chi connectivity index (χ1) is 8.27. The second-order valence-electron chi connectivity index (χ2n) is 4.13. The number of hydrogen-bond donors (Lipinski definition) is 2. The molecule has 1 unspecified atom stereocenters. The monoisotopic (exact) mass is 227 g/mol. The third-order valence-electron chi connectivity index (χ3n) is 2.81. The summed E-state index contributed by atoms with van der Waals surface area (Å²) in [6, 6.07) is 14.3. The Morgan fingerprint density at radius 1 is 1.18 bits per heavy atom. The van der Waals surface area contributed by atoms with E-state index in [-0.39, 0.29) is 0 Å². The fourth-order valence-corrected chi connectivity index (χ4v) is 1.73. The molecule has 0 amide bonds. The van der Waals surface area contributed by atoms with Gasteiger partial charge >= 0.3 is 0 Å². The van der Waals surface area contributed by atoms with Crippen LogP contribution in [0.5, 0.6) is 0 Å². The van der Waals surface area contributed by atoms with Gasteiger partial charge in [0.1, 0.15) is 5.82 Å². The minimum Gasteiger partial charge on any atom is -0.382 e. The number of nitrogens with two attached hydrogens (primary N) is 1. The van der Waals surface area contributed by atoms with Crippen molar-refractivity contribution < 1.29 is 0 Å². The lowest BCUT2D eigenvalue weighted by atomic mass is 10.0. The van der Waals surface area contributed by atoms with Crippen molar-refractivity contribution in [1.82, 2.24) is 4.98 Å². The van der Waals surface area contributed by atoms with Crippen LogP contribution in [-0.2, 0) is 0 Å². The Labute approximate surface area is 102 Å². The van der Waals surface area contributed by atoms with Crippen LogP contribution in [0.25, 0.3) is 0 Å². The number of nitrogens with zero attached hydrogens (tertiary/aromatic N) is 1. The maximum absolute atomic E-state index is 5.77. The van der Waals surface area contributed by atoms with Crippen LogP contribution in [-0.4, -0.2) is 11.5 Å². The smallest absolute Gasteiger partial charge is 0.146 e. The molecule has 88 valence electrons. The first-order valence-electron chi connectivity index (χ1n) is 5.76. The molecule has 3 N–H and O–H groups in total. The normalized spacial score (nSPS) is 12.1. The number of hydrogen-bond acceptors (Lipinski definition) is 3. The Morgan fingerprint density at radius 3 is 2.65 bits per heavy atom. The molecular formula is C14H17N3. The second kappa shape index (κ2) is 5.34. The van der Waals surface area contributed by atoms with E-state index in [4.69, 9.17) is 5.73 Å². The average molecular weight is 227 g/mol. The van der Waals surface area contributed by atoms with Gasteiger partial charge in [-0.25, -0.2) is 4.98 Å². The molecule has 1 atom stereocenters. The summed E-state index contributed by atoms with van der Waals surface area (Å²) in [6.07, 6.45) is 1.70. The molecule has 1 aromatic heterocycles. The molecule has 0 saturated heterocycles. The Balaban J connectivity index is 1.97. The van der Waals surface area contributed by atoms with Crippen molar-refractivity contribution in [3.63, 3.8) is 0 Å². The number of nitrogens with one attached hydrogen (secondary N) is 1. The van der Waals surface area contributed by atoms with E-state index in [9.17, 15) is 0 Å². The van der Waals surface area contributed by atoms with E-state index in [1.807, 2.05) is 18.2 Å². The van der Waals surface area contributed by atoms with Crippen molar-refractivity contribution in [3.05, 3.63) is 54.2 Å². The standard InChI is InChI=1S/C14H17N3/c1-11(12-6-3-2-4-7-12)10-17-13-8-5-9-16-14(13)15/h2-9,11,17H,10H2,1H3,(H2,15,16). The fourth-order valence-electron chi connectivity index (χ4n) is 1.73. The number of anilines is 2. The second-order valence-corrected chi connectivity index (χ2v) is 4.13. The highest BCUT2D eigenvalue weighted by Gasteiger charge is 2.05. The molecule has 2 rings (SSSR count). The van der Waals surface area contributed by atoms with Gasteiger partial charge in [0.15, 0.2) is 0 Å². The molecule has 3 heteroatoms. The quantitative estimate of drug-likeness (QED) is 0.844. The van der Waals surface area contributed by atoms with Gasteiger partial charge in [-0.05, 0) is 23.6 Å². The Morgan fingerprint density at radius 2 is 1.94 bits per heavy atom. The maximum atomic E-state index is 5.77. The van der Waals surface area contributed by atoms with Crippen LogP contribution >= 0.6 is 0 Å². The van der Waals surface area contributed by atoms with Crippen LogP contribution < -0.4 is 11.1 Å². The molecule has 0 spiro atoms. The van der Waals surface area contributed by atoms with Crippen molar-refractivity contribution in [1.29, 1.82) is 0 Å². The maximum Gasteiger partial charge on any atom is 0.146 e. The molecule has 1 heterocycles. The van der Waals surface area contributed by atoms with Gasteiger partial charge < -0.3 is 11.1 Å². The summed E-state index contributed by atoms with van der Waals surface area (Å²) >= 11 is 0. The highest BCUT2D eigenvalue weighted by molar-refractivity contribution is 5.60. The lowest BCUT2D eigenvalue weighted by molar-refractivity contribution is 0.805. The summed E-state index contributed by atoms with van der Waals surface area (Å²) in [5, 5.41) is 3.32. The molecule has 0 saturated carbocycles. The molecule has 1 aromatic carbocycles. The van der Waals surface area contributed by atoms with Crippen molar-refractivity contribution in [2.45, 2.75) is 12.8 Å². The summed E-state index contributed by atoms with van der Waals surface area (Å²) in [5.41, 5.74) is 7.99. The SMILES string of the molecule is CC(CNc1cccnc1N)c1ccccc1. The molecule has 0 bridgehead atoms.